The molecule has 0 bridgehead atoms. The van der Waals surface area contributed by atoms with E-state index in [9.17, 15) is 8.78 Å². The van der Waals surface area contributed by atoms with Crippen LogP contribution in [0.3, 0.4) is 0 Å². The van der Waals surface area contributed by atoms with Crippen molar-refractivity contribution in [1.82, 2.24) is 0 Å². The molecule has 1 rings (SSSR count). The van der Waals surface area contributed by atoms with Gasteiger partial charge in [0, 0.05) is 13.0 Å². The van der Waals surface area contributed by atoms with Gasteiger partial charge in [-0.1, -0.05) is 19.8 Å². The summed E-state index contributed by atoms with van der Waals surface area (Å²) in [6, 6.07) is 0. The fourth-order valence-electron chi connectivity index (χ4n) is 1.49. The molecule has 0 saturated heterocycles. The van der Waals surface area contributed by atoms with Gasteiger partial charge in [-0.3, -0.25) is 0 Å². The average molecular weight is 163 g/mol. The van der Waals surface area contributed by atoms with E-state index in [4.69, 9.17) is 5.73 Å². The van der Waals surface area contributed by atoms with Crippen LogP contribution in [0.4, 0.5) is 8.78 Å². The van der Waals surface area contributed by atoms with E-state index < -0.39 is 11.3 Å². The molecule has 0 aliphatic heterocycles. The van der Waals surface area contributed by atoms with Gasteiger partial charge in [-0.2, -0.15) is 0 Å². The van der Waals surface area contributed by atoms with Crippen LogP contribution in [-0.4, -0.2) is 12.5 Å². The van der Waals surface area contributed by atoms with E-state index >= 15 is 0 Å². The molecule has 1 fully saturated rings. The Morgan fingerprint density at radius 1 is 1.45 bits per heavy atom. The number of halogens is 2. The Kier molecular flexibility index (Phi) is 2.19. The average Bonchev–Trinajstić information content (AvgIpc) is 2.50. The molecule has 66 valence electrons. The van der Waals surface area contributed by atoms with Crippen LogP contribution in [0, 0.1) is 5.41 Å². The zero-order chi connectivity index (χ0) is 8.54. The molecule has 0 aromatic carbocycles. The van der Waals surface area contributed by atoms with Gasteiger partial charge in [0.1, 0.15) is 0 Å². The third-order valence-corrected chi connectivity index (χ3v) is 2.61. The molecule has 0 spiro atoms. The summed E-state index contributed by atoms with van der Waals surface area (Å²) in [6.45, 7) is 2.14. The summed E-state index contributed by atoms with van der Waals surface area (Å²) < 4.78 is 25.4. The summed E-state index contributed by atoms with van der Waals surface area (Å²) in [5.74, 6) is -2.46. The molecular formula is C8H15F2N. The van der Waals surface area contributed by atoms with Crippen molar-refractivity contribution in [2.24, 2.45) is 11.1 Å². The van der Waals surface area contributed by atoms with E-state index in [1.54, 1.807) is 0 Å². The van der Waals surface area contributed by atoms with E-state index in [0.29, 0.717) is 6.42 Å². The monoisotopic (exact) mass is 163 g/mol. The minimum Gasteiger partial charge on any atom is -0.330 e. The molecule has 2 N–H and O–H groups in total. The van der Waals surface area contributed by atoms with E-state index in [0.717, 1.165) is 12.8 Å². The molecule has 1 nitrogen and oxygen atoms in total. The van der Waals surface area contributed by atoms with Gasteiger partial charge in [-0.15, -0.1) is 0 Å². The highest BCUT2D eigenvalue weighted by Crippen LogP contribution is 2.62. The van der Waals surface area contributed by atoms with Gasteiger partial charge in [0.05, 0.1) is 5.41 Å². The molecule has 1 aliphatic carbocycles. The first-order valence-electron chi connectivity index (χ1n) is 4.16. The minimum absolute atomic E-state index is 0.0104. The molecule has 1 unspecified atom stereocenters. The number of alkyl halides is 2. The van der Waals surface area contributed by atoms with Crippen LogP contribution >= 0.6 is 0 Å². The lowest BCUT2D eigenvalue weighted by Gasteiger charge is -2.11. The second-order valence-electron chi connectivity index (χ2n) is 3.47. The van der Waals surface area contributed by atoms with Crippen LogP contribution in [0.5, 0.6) is 0 Å². The lowest BCUT2D eigenvalue weighted by Crippen LogP contribution is -2.22. The van der Waals surface area contributed by atoms with Crippen LogP contribution in [0.25, 0.3) is 0 Å². The fraction of sp³-hybridized carbons (Fsp3) is 1.00. The lowest BCUT2D eigenvalue weighted by molar-refractivity contribution is 0.0625. The van der Waals surface area contributed by atoms with Crippen molar-refractivity contribution >= 4 is 0 Å². The topological polar surface area (TPSA) is 26.0 Å². The number of unbranched alkanes of at least 4 members (excludes halogenated alkanes) is 1. The van der Waals surface area contributed by atoms with Gasteiger partial charge < -0.3 is 5.73 Å². The van der Waals surface area contributed by atoms with E-state index in [-0.39, 0.29) is 13.0 Å². The summed E-state index contributed by atoms with van der Waals surface area (Å²) in [5.41, 5.74) is 4.49. The third kappa shape index (κ3) is 1.39. The first kappa shape index (κ1) is 8.91. The van der Waals surface area contributed by atoms with Crippen molar-refractivity contribution in [3.05, 3.63) is 0 Å². The second-order valence-corrected chi connectivity index (χ2v) is 3.47. The smallest absolute Gasteiger partial charge is 0.255 e. The second kappa shape index (κ2) is 2.70. The van der Waals surface area contributed by atoms with Gasteiger partial charge >= 0.3 is 0 Å². The van der Waals surface area contributed by atoms with Crippen molar-refractivity contribution in [2.45, 2.75) is 38.5 Å². The highest BCUT2D eigenvalue weighted by molar-refractivity contribution is 5.10. The maximum Gasteiger partial charge on any atom is 0.255 e. The molecule has 1 atom stereocenters. The molecule has 11 heavy (non-hydrogen) atoms. The van der Waals surface area contributed by atoms with Crippen molar-refractivity contribution < 1.29 is 8.78 Å². The first-order chi connectivity index (χ1) is 5.08. The summed E-state index contributed by atoms with van der Waals surface area (Å²) in [7, 11) is 0. The summed E-state index contributed by atoms with van der Waals surface area (Å²) in [4.78, 5) is 0. The number of rotatable bonds is 4. The van der Waals surface area contributed by atoms with Crippen molar-refractivity contribution in [3.8, 4) is 0 Å². The Bertz CT molecular complexity index is 147. The van der Waals surface area contributed by atoms with Crippen LogP contribution in [0.2, 0.25) is 0 Å². The molecule has 0 aromatic heterocycles. The molecule has 0 radical (unpaired) electrons. The third-order valence-electron chi connectivity index (χ3n) is 2.61. The van der Waals surface area contributed by atoms with Crippen molar-refractivity contribution in [1.29, 1.82) is 0 Å². The fourth-order valence-corrected chi connectivity index (χ4v) is 1.49. The van der Waals surface area contributed by atoms with E-state index in [1.807, 2.05) is 6.92 Å². The van der Waals surface area contributed by atoms with Gasteiger partial charge in [-0.05, 0) is 6.42 Å². The Labute approximate surface area is 66.0 Å². The van der Waals surface area contributed by atoms with Crippen molar-refractivity contribution in [2.75, 3.05) is 6.54 Å². The number of nitrogens with two attached hydrogens (primary N) is 1. The highest BCUT2D eigenvalue weighted by Gasteiger charge is 2.69. The molecule has 3 heteroatoms. The summed E-state index contributed by atoms with van der Waals surface area (Å²) in [5, 5.41) is 0. The predicted molar refractivity (Wildman–Crippen MR) is 40.6 cm³/mol. The van der Waals surface area contributed by atoms with Crippen LogP contribution < -0.4 is 5.73 Å². The SMILES string of the molecule is CCCCC1(CN)CC1(F)F. The molecule has 0 amide bonds. The predicted octanol–water partition coefficient (Wildman–Crippen LogP) is 2.16. The highest BCUT2D eigenvalue weighted by atomic mass is 19.3. The number of hydrogen-bond acceptors (Lipinski definition) is 1. The summed E-state index contributed by atoms with van der Waals surface area (Å²) in [6.07, 6.45) is 2.44. The maximum absolute atomic E-state index is 12.7. The van der Waals surface area contributed by atoms with Gasteiger partial charge in [0.2, 0.25) is 0 Å². The standard InChI is InChI=1S/C8H15F2N/c1-2-3-4-7(6-11)5-8(7,9)10/h2-6,11H2,1H3. The molecule has 1 saturated carbocycles. The lowest BCUT2D eigenvalue weighted by atomic mass is 9.99. The van der Waals surface area contributed by atoms with Crippen LogP contribution in [-0.2, 0) is 0 Å². The summed E-state index contributed by atoms with van der Waals surface area (Å²) >= 11 is 0. The number of hydrogen-bond donors (Lipinski definition) is 1. The Morgan fingerprint density at radius 2 is 2.00 bits per heavy atom. The molecule has 0 aromatic rings. The molecular weight excluding hydrogens is 148 g/mol. The Hall–Kier alpha value is -0.180. The Morgan fingerprint density at radius 3 is 2.27 bits per heavy atom. The minimum atomic E-state index is -2.46. The van der Waals surface area contributed by atoms with E-state index in [2.05, 4.69) is 0 Å². The van der Waals surface area contributed by atoms with Crippen LogP contribution in [0.15, 0.2) is 0 Å². The quantitative estimate of drug-likeness (QED) is 0.675. The first-order valence-corrected chi connectivity index (χ1v) is 4.16. The molecule has 1 aliphatic rings. The van der Waals surface area contributed by atoms with E-state index in [1.165, 1.54) is 0 Å². The van der Waals surface area contributed by atoms with Crippen LogP contribution in [0.1, 0.15) is 32.6 Å². The zero-order valence-electron chi connectivity index (χ0n) is 6.87. The zero-order valence-corrected chi connectivity index (χ0v) is 6.87. The molecule has 0 heterocycles. The van der Waals surface area contributed by atoms with Gasteiger partial charge in [0.25, 0.3) is 5.92 Å². The largest absolute Gasteiger partial charge is 0.330 e. The normalized spacial score (nSPS) is 33.8. The van der Waals surface area contributed by atoms with Crippen molar-refractivity contribution in [3.63, 3.8) is 0 Å². The maximum atomic E-state index is 12.7. The Balaban J connectivity index is 2.40. The van der Waals surface area contributed by atoms with Gasteiger partial charge in [-0.25, -0.2) is 8.78 Å². The van der Waals surface area contributed by atoms with Gasteiger partial charge in [0.15, 0.2) is 0 Å².